The van der Waals surface area contributed by atoms with Crippen LogP contribution in [-0.2, 0) is 14.8 Å². The Hall–Kier alpha value is -1.11. The Balaban J connectivity index is 2.70. The molecule has 0 fully saturated rings. The molecule has 0 saturated heterocycles. The van der Waals surface area contributed by atoms with Gasteiger partial charge in [0, 0.05) is 17.3 Å². The lowest BCUT2D eigenvalue weighted by Gasteiger charge is -2.19. The van der Waals surface area contributed by atoms with Crippen LogP contribution in [0, 0.1) is 6.92 Å². The molecule has 0 aromatic heterocycles. The number of carbonyl (C=O) groups is 1. The van der Waals surface area contributed by atoms with Gasteiger partial charge in [-0.2, -0.15) is 4.31 Å². The van der Waals surface area contributed by atoms with Crippen molar-refractivity contribution >= 4 is 33.2 Å². The standard InChI is InChI=1S/C15H23ClN2O3S/c1-4-5-6-9-18(22(3,20)21)11-15(19)17-14-8-7-13(16)10-12(14)2/h7-8,10H,4-6,9,11H2,1-3H3,(H,17,19). The van der Waals surface area contributed by atoms with Gasteiger partial charge in [-0.1, -0.05) is 31.4 Å². The molecule has 0 atom stereocenters. The quantitative estimate of drug-likeness (QED) is 0.736. The van der Waals surface area contributed by atoms with Gasteiger partial charge < -0.3 is 5.32 Å². The zero-order valence-electron chi connectivity index (χ0n) is 13.2. The number of carbonyl (C=O) groups excluding carboxylic acids is 1. The van der Waals surface area contributed by atoms with E-state index < -0.39 is 10.0 Å². The highest BCUT2D eigenvalue weighted by Crippen LogP contribution is 2.19. The Morgan fingerprint density at radius 1 is 1.32 bits per heavy atom. The monoisotopic (exact) mass is 346 g/mol. The van der Waals surface area contributed by atoms with Crippen LogP contribution in [0.15, 0.2) is 18.2 Å². The molecule has 1 aromatic rings. The van der Waals surface area contributed by atoms with E-state index in [0.29, 0.717) is 17.3 Å². The molecule has 7 heteroatoms. The summed E-state index contributed by atoms with van der Waals surface area (Å²) < 4.78 is 24.7. The first kappa shape index (κ1) is 18.9. The van der Waals surface area contributed by atoms with Crippen molar-refractivity contribution in [3.05, 3.63) is 28.8 Å². The van der Waals surface area contributed by atoms with Gasteiger partial charge in [-0.25, -0.2) is 8.42 Å². The number of nitrogens with zero attached hydrogens (tertiary/aromatic N) is 1. The molecule has 1 N–H and O–H groups in total. The maximum absolute atomic E-state index is 12.1. The number of anilines is 1. The second kappa shape index (κ2) is 8.50. The molecule has 1 amide bonds. The second-order valence-electron chi connectivity index (χ2n) is 5.31. The molecule has 0 aliphatic heterocycles. The van der Waals surface area contributed by atoms with Gasteiger partial charge in [0.15, 0.2) is 0 Å². The van der Waals surface area contributed by atoms with E-state index in [0.717, 1.165) is 31.1 Å². The first-order valence-electron chi connectivity index (χ1n) is 7.25. The fourth-order valence-electron chi connectivity index (χ4n) is 2.02. The van der Waals surface area contributed by atoms with Crippen LogP contribution < -0.4 is 5.32 Å². The number of halogens is 1. The van der Waals surface area contributed by atoms with Crippen LogP contribution in [0.5, 0.6) is 0 Å². The normalized spacial score (nSPS) is 11.7. The minimum absolute atomic E-state index is 0.176. The van der Waals surface area contributed by atoms with Gasteiger partial charge in [0.05, 0.1) is 12.8 Å². The van der Waals surface area contributed by atoms with Gasteiger partial charge in [-0.3, -0.25) is 4.79 Å². The Morgan fingerprint density at radius 3 is 2.55 bits per heavy atom. The third-order valence-corrected chi connectivity index (χ3v) is 4.75. The Morgan fingerprint density at radius 2 is 2.00 bits per heavy atom. The second-order valence-corrected chi connectivity index (χ2v) is 7.73. The predicted molar refractivity (Wildman–Crippen MR) is 90.8 cm³/mol. The fraction of sp³-hybridized carbons (Fsp3) is 0.533. The minimum Gasteiger partial charge on any atom is -0.325 e. The van der Waals surface area contributed by atoms with Gasteiger partial charge in [0.2, 0.25) is 15.9 Å². The third kappa shape index (κ3) is 6.34. The van der Waals surface area contributed by atoms with E-state index in [1.54, 1.807) is 18.2 Å². The van der Waals surface area contributed by atoms with Crippen LogP contribution >= 0.6 is 11.6 Å². The summed E-state index contributed by atoms with van der Waals surface area (Å²) in [6.07, 6.45) is 3.80. The van der Waals surface area contributed by atoms with Crippen LogP contribution in [0.25, 0.3) is 0 Å². The lowest BCUT2D eigenvalue weighted by Crippen LogP contribution is -2.38. The maximum Gasteiger partial charge on any atom is 0.239 e. The molecule has 0 saturated carbocycles. The number of hydrogen-bond acceptors (Lipinski definition) is 3. The van der Waals surface area contributed by atoms with Crippen molar-refractivity contribution in [3.63, 3.8) is 0 Å². The Bertz CT molecular complexity index is 617. The topological polar surface area (TPSA) is 66.5 Å². The van der Waals surface area contributed by atoms with E-state index >= 15 is 0 Å². The highest BCUT2D eigenvalue weighted by molar-refractivity contribution is 7.88. The van der Waals surface area contributed by atoms with Crippen molar-refractivity contribution in [1.82, 2.24) is 4.31 Å². The summed E-state index contributed by atoms with van der Waals surface area (Å²) in [4.78, 5) is 12.1. The van der Waals surface area contributed by atoms with E-state index in [2.05, 4.69) is 5.32 Å². The van der Waals surface area contributed by atoms with Crippen LogP contribution in [0.4, 0.5) is 5.69 Å². The van der Waals surface area contributed by atoms with Crippen molar-refractivity contribution < 1.29 is 13.2 Å². The third-order valence-electron chi connectivity index (χ3n) is 3.26. The van der Waals surface area contributed by atoms with E-state index in [9.17, 15) is 13.2 Å². The molecule has 22 heavy (non-hydrogen) atoms. The van der Waals surface area contributed by atoms with Crippen molar-refractivity contribution in [2.45, 2.75) is 33.1 Å². The first-order valence-corrected chi connectivity index (χ1v) is 9.47. The SMILES string of the molecule is CCCCCN(CC(=O)Nc1ccc(Cl)cc1C)S(C)(=O)=O. The summed E-state index contributed by atoms with van der Waals surface area (Å²) in [5, 5.41) is 3.32. The number of aryl methyl sites for hydroxylation is 1. The summed E-state index contributed by atoms with van der Waals surface area (Å²) >= 11 is 5.87. The molecule has 0 unspecified atom stereocenters. The largest absolute Gasteiger partial charge is 0.325 e. The molecule has 0 spiro atoms. The van der Waals surface area contributed by atoms with Gasteiger partial charge >= 0.3 is 0 Å². The summed E-state index contributed by atoms with van der Waals surface area (Å²) in [5.74, 6) is -0.354. The average Bonchev–Trinajstić information content (AvgIpc) is 2.40. The lowest BCUT2D eigenvalue weighted by atomic mass is 10.2. The predicted octanol–water partition coefficient (Wildman–Crippen LogP) is 3.04. The Labute approximate surface area is 137 Å². The van der Waals surface area contributed by atoms with Crippen LogP contribution in [0.3, 0.4) is 0 Å². The highest BCUT2D eigenvalue weighted by atomic mass is 35.5. The summed E-state index contributed by atoms with van der Waals surface area (Å²) in [7, 11) is -3.40. The number of nitrogens with one attached hydrogen (secondary N) is 1. The smallest absolute Gasteiger partial charge is 0.239 e. The zero-order chi connectivity index (χ0) is 16.8. The first-order chi connectivity index (χ1) is 10.2. The van der Waals surface area contributed by atoms with Crippen molar-refractivity contribution in [2.24, 2.45) is 0 Å². The number of benzene rings is 1. The summed E-state index contributed by atoms with van der Waals surface area (Å²) in [5.41, 5.74) is 1.47. The minimum atomic E-state index is -3.40. The van der Waals surface area contributed by atoms with E-state index in [1.165, 1.54) is 4.31 Å². The molecule has 124 valence electrons. The molecular weight excluding hydrogens is 324 g/mol. The molecule has 5 nitrogen and oxygen atoms in total. The number of amides is 1. The fourth-order valence-corrected chi connectivity index (χ4v) is 3.06. The Kier molecular flexibility index (Phi) is 7.32. The van der Waals surface area contributed by atoms with Gasteiger partial charge in [-0.05, 0) is 37.1 Å². The molecule has 1 aromatic carbocycles. The van der Waals surface area contributed by atoms with E-state index in [-0.39, 0.29) is 12.5 Å². The van der Waals surface area contributed by atoms with E-state index in [4.69, 9.17) is 11.6 Å². The molecular formula is C15H23ClN2O3S. The lowest BCUT2D eigenvalue weighted by molar-refractivity contribution is -0.116. The highest BCUT2D eigenvalue weighted by Gasteiger charge is 2.19. The van der Waals surface area contributed by atoms with Crippen molar-refractivity contribution in [2.75, 3.05) is 24.7 Å². The molecule has 1 rings (SSSR count). The number of sulfonamides is 1. The molecule has 0 heterocycles. The van der Waals surface area contributed by atoms with Crippen molar-refractivity contribution in [3.8, 4) is 0 Å². The number of hydrogen-bond donors (Lipinski definition) is 1. The van der Waals surface area contributed by atoms with Crippen LogP contribution in [0.2, 0.25) is 5.02 Å². The zero-order valence-corrected chi connectivity index (χ0v) is 14.8. The van der Waals surface area contributed by atoms with E-state index in [1.807, 2.05) is 13.8 Å². The van der Waals surface area contributed by atoms with Crippen LogP contribution in [-0.4, -0.2) is 38.0 Å². The van der Waals surface area contributed by atoms with Gasteiger partial charge in [-0.15, -0.1) is 0 Å². The van der Waals surface area contributed by atoms with Gasteiger partial charge in [0.25, 0.3) is 0 Å². The molecule has 0 aliphatic rings. The number of rotatable bonds is 8. The molecule has 0 radical (unpaired) electrons. The average molecular weight is 347 g/mol. The summed E-state index contributed by atoms with van der Waals surface area (Å²) in [6.45, 7) is 4.06. The molecule has 0 bridgehead atoms. The molecule has 0 aliphatic carbocycles. The van der Waals surface area contributed by atoms with Crippen LogP contribution in [0.1, 0.15) is 31.7 Å². The van der Waals surface area contributed by atoms with Gasteiger partial charge in [0.1, 0.15) is 0 Å². The maximum atomic E-state index is 12.1. The number of unbranched alkanes of at least 4 members (excludes halogenated alkanes) is 2. The summed E-state index contributed by atoms with van der Waals surface area (Å²) in [6, 6.07) is 5.13. The van der Waals surface area contributed by atoms with Crippen molar-refractivity contribution in [1.29, 1.82) is 0 Å².